The maximum Gasteiger partial charge on any atom is 0.234 e. The van der Waals surface area contributed by atoms with Crippen molar-refractivity contribution in [1.82, 2.24) is 20.2 Å². The molecule has 1 aromatic heterocycles. The minimum Gasteiger partial charge on any atom is -0.352 e. The number of amides is 1. The molecule has 1 saturated heterocycles. The number of carbonyl (C=O) groups is 1. The zero-order valence-corrected chi connectivity index (χ0v) is 11.8. The third-order valence-electron chi connectivity index (χ3n) is 4.98. The first-order valence-electron chi connectivity index (χ1n) is 7.87. The van der Waals surface area contributed by atoms with Crippen molar-refractivity contribution in [3.8, 4) is 0 Å². The quantitative estimate of drug-likeness (QED) is 0.870. The molecule has 5 heteroatoms. The predicted octanol–water partition coefficient (Wildman–Crippen LogP) is 1.18. The van der Waals surface area contributed by atoms with Gasteiger partial charge in [0.25, 0.3) is 0 Å². The minimum atomic E-state index is 0.209. The lowest BCUT2D eigenvalue weighted by Gasteiger charge is -2.43. The summed E-state index contributed by atoms with van der Waals surface area (Å²) in [5.74, 6) is 0.730. The molecule has 1 aliphatic heterocycles. The SMILES string of the molecule is O=C(CN1CCCC2c3nc[nH]c3CCC21)NC1CC1. The molecule has 1 amide bonds. The molecule has 1 aromatic rings. The summed E-state index contributed by atoms with van der Waals surface area (Å²) in [6.45, 7) is 1.62. The van der Waals surface area contributed by atoms with Crippen molar-refractivity contribution in [3.63, 3.8) is 0 Å². The summed E-state index contributed by atoms with van der Waals surface area (Å²) in [7, 11) is 0. The first-order chi connectivity index (χ1) is 9.81. The van der Waals surface area contributed by atoms with Crippen LogP contribution in [0, 0.1) is 0 Å². The average Bonchev–Trinajstić information content (AvgIpc) is 3.12. The molecule has 2 heterocycles. The molecule has 2 atom stereocenters. The topological polar surface area (TPSA) is 61.0 Å². The number of aromatic amines is 1. The van der Waals surface area contributed by atoms with Crippen LogP contribution in [0.2, 0.25) is 0 Å². The normalized spacial score (nSPS) is 29.6. The lowest BCUT2D eigenvalue weighted by Crippen LogP contribution is -2.50. The Morgan fingerprint density at radius 3 is 3.15 bits per heavy atom. The van der Waals surface area contributed by atoms with Gasteiger partial charge in [-0.05, 0) is 45.1 Å². The van der Waals surface area contributed by atoms with Crippen LogP contribution in [0.4, 0.5) is 0 Å². The van der Waals surface area contributed by atoms with Crippen LogP contribution < -0.4 is 5.32 Å². The Hall–Kier alpha value is -1.36. The summed E-state index contributed by atoms with van der Waals surface area (Å²) >= 11 is 0. The molecule has 5 nitrogen and oxygen atoms in total. The minimum absolute atomic E-state index is 0.209. The summed E-state index contributed by atoms with van der Waals surface area (Å²) in [5.41, 5.74) is 2.57. The lowest BCUT2D eigenvalue weighted by molar-refractivity contribution is -0.123. The fraction of sp³-hybridized carbons (Fsp3) is 0.733. The second-order valence-corrected chi connectivity index (χ2v) is 6.43. The fourth-order valence-corrected chi connectivity index (χ4v) is 3.86. The maximum absolute atomic E-state index is 12.1. The Morgan fingerprint density at radius 1 is 1.40 bits per heavy atom. The van der Waals surface area contributed by atoms with Gasteiger partial charge in [0.15, 0.2) is 0 Å². The van der Waals surface area contributed by atoms with Gasteiger partial charge in [-0.3, -0.25) is 9.69 Å². The number of nitrogens with zero attached hydrogens (tertiary/aromatic N) is 2. The number of aryl methyl sites for hydroxylation is 1. The van der Waals surface area contributed by atoms with E-state index in [1.165, 1.54) is 24.2 Å². The van der Waals surface area contributed by atoms with Crippen LogP contribution in [0.1, 0.15) is 49.4 Å². The molecule has 3 aliphatic rings. The van der Waals surface area contributed by atoms with Gasteiger partial charge in [0.2, 0.25) is 5.91 Å². The largest absolute Gasteiger partial charge is 0.352 e. The van der Waals surface area contributed by atoms with Gasteiger partial charge in [-0.2, -0.15) is 0 Å². The molecule has 20 heavy (non-hydrogen) atoms. The van der Waals surface area contributed by atoms with E-state index in [2.05, 4.69) is 20.2 Å². The number of hydrogen-bond donors (Lipinski definition) is 2. The Balaban J connectivity index is 1.46. The van der Waals surface area contributed by atoms with Gasteiger partial charge in [0.1, 0.15) is 0 Å². The van der Waals surface area contributed by atoms with Crippen molar-refractivity contribution in [2.24, 2.45) is 0 Å². The van der Waals surface area contributed by atoms with Gasteiger partial charge in [0, 0.05) is 23.7 Å². The van der Waals surface area contributed by atoms with Gasteiger partial charge in [0.05, 0.1) is 18.6 Å². The Bertz CT molecular complexity index is 508. The van der Waals surface area contributed by atoms with Crippen LogP contribution in [-0.2, 0) is 11.2 Å². The standard InChI is InChI=1S/C15H22N4O/c20-14(18-10-3-4-10)8-19-7-1-2-11-13(19)6-5-12-15(11)17-9-16-12/h9-11,13H,1-8H2,(H,16,17)(H,18,20). The van der Waals surface area contributed by atoms with Crippen molar-refractivity contribution < 1.29 is 4.79 Å². The highest BCUT2D eigenvalue weighted by Crippen LogP contribution is 2.38. The molecule has 0 spiro atoms. The number of nitrogens with one attached hydrogen (secondary N) is 2. The third kappa shape index (κ3) is 2.24. The zero-order chi connectivity index (χ0) is 13.5. The zero-order valence-electron chi connectivity index (χ0n) is 11.8. The van der Waals surface area contributed by atoms with E-state index in [1.54, 1.807) is 0 Å². The van der Waals surface area contributed by atoms with Gasteiger partial charge in [-0.1, -0.05) is 0 Å². The molecule has 108 valence electrons. The average molecular weight is 274 g/mol. The number of H-pyrrole nitrogens is 1. The van der Waals surface area contributed by atoms with E-state index in [4.69, 9.17) is 0 Å². The monoisotopic (exact) mass is 274 g/mol. The highest BCUT2D eigenvalue weighted by atomic mass is 16.2. The summed E-state index contributed by atoms with van der Waals surface area (Å²) < 4.78 is 0. The van der Waals surface area contributed by atoms with Crippen LogP contribution in [0.3, 0.4) is 0 Å². The number of piperidine rings is 1. The van der Waals surface area contributed by atoms with E-state index >= 15 is 0 Å². The van der Waals surface area contributed by atoms with Crippen molar-refractivity contribution in [2.45, 2.75) is 56.5 Å². The number of likely N-dealkylation sites (tertiary alicyclic amines) is 1. The molecule has 2 unspecified atom stereocenters. The van der Waals surface area contributed by atoms with Crippen LogP contribution in [-0.4, -0.2) is 45.9 Å². The highest BCUT2D eigenvalue weighted by molar-refractivity contribution is 5.78. The highest BCUT2D eigenvalue weighted by Gasteiger charge is 2.38. The van der Waals surface area contributed by atoms with E-state index in [9.17, 15) is 4.79 Å². The fourth-order valence-electron chi connectivity index (χ4n) is 3.86. The molecule has 0 radical (unpaired) electrons. The Kier molecular flexibility index (Phi) is 3.02. The van der Waals surface area contributed by atoms with Crippen LogP contribution in [0.25, 0.3) is 0 Å². The molecule has 2 fully saturated rings. The third-order valence-corrected chi connectivity index (χ3v) is 4.98. The van der Waals surface area contributed by atoms with Crippen molar-refractivity contribution in [2.75, 3.05) is 13.1 Å². The molecule has 0 aromatic carbocycles. The van der Waals surface area contributed by atoms with E-state index in [1.807, 2.05) is 6.33 Å². The van der Waals surface area contributed by atoms with Crippen molar-refractivity contribution in [3.05, 3.63) is 17.7 Å². The summed E-state index contributed by atoms with van der Waals surface area (Å²) in [6, 6.07) is 0.969. The first kappa shape index (κ1) is 12.4. The van der Waals surface area contributed by atoms with Crippen LogP contribution >= 0.6 is 0 Å². The summed E-state index contributed by atoms with van der Waals surface area (Å²) in [4.78, 5) is 22.3. The number of aromatic nitrogens is 2. The number of fused-ring (bicyclic) bond motifs is 3. The Labute approximate surface area is 119 Å². The van der Waals surface area contributed by atoms with Gasteiger partial charge in [-0.15, -0.1) is 0 Å². The van der Waals surface area contributed by atoms with E-state index < -0.39 is 0 Å². The number of rotatable bonds is 3. The number of hydrogen-bond acceptors (Lipinski definition) is 3. The molecule has 2 N–H and O–H groups in total. The van der Waals surface area contributed by atoms with E-state index in [0.29, 0.717) is 24.5 Å². The maximum atomic E-state index is 12.1. The predicted molar refractivity (Wildman–Crippen MR) is 75.4 cm³/mol. The molecule has 4 rings (SSSR count). The van der Waals surface area contributed by atoms with E-state index in [0.717, 1.165) is 32.2 Å². The molecule has 2 aliphatic carbocycles. The van der Waals surface area contributed by atoms with Gasteiger partial charge >= 0.3 is 0 Å². The molecule has 0 bridgehead atoms. The second kappa shape index (κ2) is 4.88. The molecule has 1 saturated carbocycles. The van der Waals surface area contributed by atoms with Crippen molar-refractivity contribution >= 4 is 5.91 Å². The van der Waals surface area contributed by atoms with Crippen LogP contribution in [0.5, 0.6) is 0 Å². The van der Waals surface area contributed by atoms with E-state index in [-0.39, 0.29) is 5.91 Å². The van der Waals surface area contributed by atoms with Gasteiger partial charge in [-0.25, -0.2) is 4.98 Å². The lowest BCUT2D eigenvalue weighted by atomic mass is 9.79. The smallest absolute Gasteiger partial charge is 0.234 e. The summed E-state index contributed by atoms with van der Waals surface area (Å²) in [6.07, 6.45) is 8.75. The Morgan fingerprint density at radius 2 is 2.30 bits per heavy atom. The number of carbonyl (C=O) groups excluding carboxylic acids is 1. The second-order valence-electron chi connectivity index (χ2n) is 6.43. The number of imidazole rings is 1. The van der Waals surface area contributed by atoms with Gasteiger partial charge < -0.3 is 10.3 Å². The van der Waals surface area contributed by atoms with Crippen LogP contribution in [0.15, 0.2) is 6.33 Å². The summed E-state index contributed by atoms with van der Waals surface area (Å²) in [5, 5.41) is 3.11. The van der Waals surface area contributed by atoms with Crippen molar-refractivity contribution in [1.29, 1.82) is 0 Å². The first-order valence-corrected chi connectivity index (χ1v) is 7.87. The molecular formula is C15H22N4O. The molecular weight excluding hydrogens is 252 g/mol.